The summed E-state index contributed by atoms with van der Waals surface area (Å²) in [6.07, 6.45) is 1.48. The van der Waals surface area contributed by atoms with E-state index in [9.17, 15) is 9.59 Å². The average molecular weight is 646 g/mol. The van der Waals surface area contributed by atoms with Gasteiger partial charge in [-0.2, -0.15) is 0 Å². The molecule has 0 unspecified atom stereocenters. The number of hydrogen-bond acceptors (Lipinski definition) is 6. The Bertz CT molecular complexity index is 1490. The zero-order chi connectivity index (χ0) is 32.1. The lowest BCUT2D eigenvalue weighted by molar-refractivity contribution is 0.00365. The molecule has 1 saturated heterocycles. The molecule has 3 aromatic rings. The number of anilines is 1. The first-order chi connectivity index (χ1) is 20.8. The predicted molar refractivity (Wildman–Crippen MR) is 180 cm³/mol. The first-order valence-electron chi connectivity index (χ1n) is 15.5. The van der Waals surface area contributed by atoms with Gasteiger partial charge in [-0.25, -0.2) is 4.79 Å². The molecule has 1 aromatic heterocycles. The van der Waals surface area contributed by atoms with Gasteiger partial charge < -0.3 is 19.3 Å². The molecule has 0 aliphatic carbocycles. The van der Waals surface area contributed by atoms with Gasteiger partial charge in [0, 0.05) is 50.4 Å². The van der Waals surface area contributed by atoms with Crippen LogP contribution < -0.4 is 15.2 Å². The number of ether oxygens (including phenoxy) is 2. The molecule has 0 N–H and O–H groups in total. The van der Waals surface area contributed by atoms with Gasteiger partial charge in [0.25, 0.3) is 5.56 Å². The molecule has 1 aliphatic rings. The summed E-state index contributed by atoms with van der Waals surface area (Å²) in [5.41, 5.74) is 0.824. The summed E-state index contributed by atoms with van der Waals surface area (Å²) in [6, 6.07) is 14.7. The van der Waals surface area contributed by atoms with E-state index in [-0.39, 0.29) is 17.7 Å². The molecule has 4 rings (SSSR count). The van der Waals surface area contributed by atoms with Crippen LogP contribution >= 0.6 is 23.2 Å². The summed E-state index contributed by atoms with van der Waals surface area (Å²) in [7, 11) is 0. The quantitative estimate of drug-likeness (QED) is 0.201. The van der Waals surface area contributed by atoms with Gasteiger partial charge in [0.05, 0.1) is 27.9 Å². The SMILES string of the molecule is CCN(C(=O)OCn1c(=O)ccc2ccc(OCCCCN3CCN(c4cccc(Cl)c4Cl)CC3)cc21)C(C)(C)C(C)(C)C. The molecule has 2 aromatic carbocycles. The van der Waals surface area contributed by atoms with Crippen molar-refractivity contribution >= 4 is 45.9 Å². The van der Waals surface area contributed by atoms with E-state index in [1.165, 1.54) is 10.6 Å². The van der Waals surface area contributed by atoms with Gasteiger partial charge in [0.1, 0.15) is 5.75 Å². The number of unbranched alkanes of at least 4 members (excludes halogenated alkanes) is 1. The van der Waals surface area contributed by atoms with E-state index < -0.39 is 11.6 Å². The largest absolute Gasteiger partial charge is 0.494 e. The second-order valence-corrected chi connectivity index (χ2v) is 13.7. The third kappa shape index (κ3) is 7.82. The molecule has 8 nitrogen and oxygen atoms in total. The highest BCUT2D eigenvalue weighted by atomic mass is 35.5. The van der Waals surface area contributed by atoms with Crippen molar-refractivity contribution in [3.05, 3.63) is 68.9 Å². The number of carbonyl (C=O) groups excluding carboxylic acids is 1. The van der Waals surface area contributed by atoms with Crippen LogP contribution in [0.2, 0.25) is 10.0 Å². The average Bonchev–Trinajstić information content (AvgIpc) is 2.98. The van der Waals surface area contributed by atoms with Gasteiger partial charge in [-0.15, -0.1) is 0 Å². The van der Waals surface area contributed by atoms with Crippen LogP contribution in [0, 0.1) is 5.41 Å². The van der Waals surface area contributed by atoms with E-state index in [1.54, 1.807) is 11.0 Å². The number of pyridine rings is 1. The zero-order valence-electron chi connectivity index (χ0n) is 26.9. The van der Waals surface area contributed by atoms with Crippen LogP contribution in [0.15, 0.2) is 53.3 Å². The van der Waals surface area contributed by atoms with Crippen LogP contribution in [0.3, 0.4) is 0 Å². The highest BCUT2D eigenvalue weighted by molar-refractivity contribution is 6.43. The van der Waals surface area contributed by atoms with E-state index >= 15 is 0 Å². The minimum atomic E-state index is -0.446. The third-order valence-corrected chi connectivity index (χ3v) is 9.92. The number of benzene rings is 2. The molecule has 1 fully saturated rings. The molecule has 0 spiro atoms. The van der Waals surface area contributed by atoms with Crippen molar-refractivity contribution in [2.75, 3.05) is 50.8 Å². The van der Waals surface area contributed by atoms with E-state index in [0.717, 1.165) is 56.6 Å². The predicted octanol–water partition coefficient (Wildman–Crippen LogP) is 7.53. The van der Waals surface area contributed by atoms with Gasteiger partial charge >= 0.3 is 6.09 Å². The fourth-order valence-electron chi connectivity index (χ4n) is 5.42. The molecule has 44 heavy (non-hydrogen) atoms. The van der Waals surface area contributed by atoms with Crippen LogP contribution in [-0.2, 0) is 11.5 Å². The van der Waals surface area contributed by atoms with E-state index in [2.05, 4.69) is 30.6 Å². The first kappa shape index (κ1) is 33.9. The maximum Gasteiger partial charge on any atom is 0.411 e. The molecule has 0 radical (unpaired) electrons. The fraction of sp³-hybridized carbons (Fsp3) is 0.529. The van der Waals surface area contributed by atoms with Crippen LogP contribution in [-0.4, -0.2) is 71.9 Å². The Morgan fingerprint density at radius 1 is 0.955 bits per heavy atom. The Hall–Kier alpha value is -2.94. The number of rotatable bonds is 11. The van der Waals surface area contributed by atoms with Crippen molar-refractivity contribution in [3.8, 4) is 5.75 Å². The summed E-state index contributed by atoms with van der Waals surface area (Å²) in [4.78, 5) is 32.4. The topological polar surface area (TPSA) is 67.2 Å². The van der Waals surface area contributed by atoms with Crippen LogP contribution in [0.5, 0.6) is 5.75 Å². The van der Waals surface area contributed by atoms with E-state index in [0.29, 0.717) is 34.5 Å². The minimum absolute atomic E-state index is 0.161. The minimum Gasteiger partial charge on any atom is -0.494 e. The van der Waals surface area contributed by atoms with Crippen molar-refractivity contribution in [1.29, 1.82) is 0 Å². The normalized spacial score (nSPS) is 14.6. The molecule has 1 amide bonds. The molecule has 0 saturated carbocycles. The van der Waals surface area contributed by atoms with Crippen molar-refractivity contribution in [3.63, 3.8) is 0 Å². The van der Waals surface area contributed by atoms with Gasteiger partial charge in [-0.1, -0.05) is 50.0 Å². The van der Waals surface area contributed by atoms with Crippen LogP contribution in [0.4, 0.5) is 10.5 Å². The number of hydrogen-bond donors (Lipinski definition) is 0. The molecule has 0 bridgehead atoms. The van der Waals surface area contributed by atoms with Crippen LogP contribution in [0.25, 0.3) is 10.9 Å². The Kier molecular flexibility index (Phi) is 11.1. The summed E-state index contributed by atoms with van der Waals surface area (Å²) in [6.45, 7) is 18.0. The van der Waals surface area contributed by atoms with Gasteiger partial charge in [-0.05, 0) is 81.3 Å². The number of piperazine rings is 1. The number of fused-ring (bicyclic) bond motifs is 1. The number of nitrogens with zero attached hydrogens (tertiary/aromatic N) is 4. The summed E-state index contributed by atoms with van der Waals surface area (Å²) in [5.74, 6) is 0.680. The number of aromatic nitrogens is 1. The molecular weight excluding hydrogens is 599 g/mol. The Labute approximate surface area is 271 Å². The Balaban J connectivity index is 1.29. The highest BCUT2D eigenvalue weighted by Gasteiger charge is 2.41. The first-order valence-corrected chi connectivity index (χ1v) is 16.2. The smallest absolute Gasteiger partial charge is 0.411 e. The summed E-state index contributed by atoms with van der Waals surface area (Å²) < 4.78 is 13.3. The molecule has 10 heteroatoms. The van der Waals surface area contributed by atoms with Crippen LogP contribution in [0.1, 0.15) is 54.4 Å². The van der Waals surface area contributed by atoms with E-state index in [4.69, 9.17) is 32.7 Å². The lowest BCUT2D eigenvalue weighted by atomic mass is 9.75. The second kappa shape index (κ2) is 14.4. The van der Waals surface area contributed by atoms with Gasteiger partial charge in [0.2, 0.25) is 0 Å². The third-order valence-electron chi connectivity index (χ3n) is 9.11. The molecule has 2 heterocycles. The molecule has 0 atom stereocenters. The molecule has 240 valence electrons. The van der Waals surface area contributed by atoms with Crippen molar-refractivity contribution in [1.82, 2.24) is 14.4 Å². The Morgan fingerprint density at radius 3 is 2.34 bits per heavy atom. The molecular formula is C34H46Cl2N4O4. The summed E-state index contributed by atoms with van der Waals surface area (Å²) in [5, 5.41) is 2.08. The van der Waals surface area contributed by atoms with Crippen molar-refractivity contribution in [2.45, 2.75) is 66.7 Å². The maximum absolute atomic E-state index is 13.1. The van der Waals surface area contributed by atoms with E-state index in [1.807, 2.05) is 57.2 Å². The lowest BCUT2D eigenvalue weighted by Crippen LogP contribution is -2.55. The number of carbonyl (C=O) groups is 1. The van der Waals surface area contributed by atoms with Gasteiger partial charge in [-0.3, -0.25) is 14.3 Å². The summed E-state index contributed by atoms with van der Waals surface area (Å²) >= 11 is 12.6. The zero-order valence-corrected chi connectivity index (χ0v) is 28.4. The molecule has 1 aliphatic heterocycles. The second-order valence-electron chi connectivity index (χ2n) is 12.9. The van der Waals surface area contributed by atoms with Crippen molar-refractivity contribution < 1.29 is 14.3 Å². The number of amides is 1. The Morgan fingerprint density at radius 2 is 1.66 bits per heavy atom. The van der Waals surface area contributed by atoms with Gasteiger partial charge in [0.15, 0.2) is 6.73 Å². The lowest BCUT2D eigenvalue weighted by Gasteiger charge is -2.46. The monoisotopic (exact) mass is 644 g/mol. The standard InChI is InChI=1S/C34H46Cl2N4O4/c1-7-40(34(5,6)33(2,3)4)32(42)44-24-39-29-23-26(15-13-25(29)14-16-30(39)41)43-22-9-8-17-37-18-20-38(21-19-37)28-12-10-11-27(35)31(28)36/h10-16,23H,7-9,17-22,24H2,1-6H3. The van der Waals surface area contributed by atoms with Crippen molar-refractivity contribution in [2.24, 2.45) is 5.41 Å². The maximum atomic E-state index is 13.1. The highest BCUT2D eigenvalue weighted by Crippen LogP contribution is 2.36. The fourth-order valence-corrected chi connectivity index (χ4v) is 5.84. The number of halogens is 2.